The quantitative estimate of drug-likeness (QED) is 0.487. The van der Waals surface area contributed by atoms with Gasteiger partial charge in [-0.15, -0.1) is 0 Å². The highest BCUT2D eigenvalue weighted by atomic mass is 32.2. The first-order valence-electron chi connectivity index (χ1n) is 10.4. The van der Waals surface area contributed by atoms with Crippen LogP contribution < -0.4 is 0 Å². The van der Waals surface area contributed by atoms with Gasteiger partial charge >= 0.3 is 5.97 Å². The van der Waals surface area contributed by atoms with Gasteiger partial charge in [0.25, 0.3) is 0 Å². The number of carboxylic acids is 1. The second kappa shape index (κ2) is 12.8. The number of benzene rings is 1. The van der Waals surface area contributed by atoms with Crippen molar-refractivity contribution >= 4 is 23.6 Å². The van der Waals surface area contributed by atoms with E-state index in [1.165, 1.54) is 5.56 Å². The molecule has 2 N–H and O–H groups in total. The summed E-state index contributed by atoms with van der Waals surface area (Å²) in [6.45, 7) is 0.724. The summed E-state index contributed by atoms with van der Waals surface area (Å²) in [5.41, 5.74) is 1.25. The molecule has 1 amide bonds. The van der Waals surface area contributed by atoms with Gasteiger partial charge in [0.05, 0.1) is 6.10 Å². The molecule has 1 aliphatic heterocycles. The molecule has 1 aromatic rings. The summed E-state index contributed by atoms with van der Waals surface area (Å²) in [4.78, 5) is 24.9. The second-order valence-electron chi connectivity index (χ2n) is 7.50. The normalized spacial score (nSPS) is 18.2. The molecule has 0 aliphatic carbocycles. The van der Waals surface area contributed by atoms with E-state index in [2.05, 4.69) is 12.1 Å². The van der Waals surface area contributed by atoms with E-state index in [0.29, 0.717) is 12.8 Å². The van der Waals surface area contributed by atoms with Crippen molar-refractivity contribution in [2.24, 2.45) is 0 Å². The highest BCUT2D eigenvalue weighted by Gasteiger charge is 2.27. The molecule has 0 radical (unpaired) electrons. The van der Waals surface area contributed by atoms with Gasteiger partial charge in [0.2, 0.25) is 5.91 Å². The van der Waals surface area contributed by atoms with E-state index in [0.717, 1.165) is 56.6 Å². The Hall–Kier alpha value is -1.53. The number of amides is 1. The van der Waals surface area contributed by atoms with Crippen LogP contribution >= 0.6 is 11.8 Å². The number of hydrogen-bond donors (Lipinski definition) is 2. The third-order valence-electron chi connectivity index (χ3n) is 5.29. The summed E-state index contributed by atoms with van der Waals surface area (Å²) in [6.07, 6.45) is 6.34. The minimum atomic E-state index is -0.752. The number of carboxylic acid groups (broad SMARTS) is 1. The van der Waals surface area contributed by atoms with Gasteiger partial charge in [-0.25, -0.2) is 0 Å². The fraction of sp³-hybridized carbons (Fsp3) is 0.636. The van der Waals surface area contributed by atoms with Crippen LogP contribution in [0.5, 0.6) is 0 Å². The van der Waals surface area contributed by atoms with E-state index in [1.807, 2.05) is 23.1 Å². The fourth-order valence-electron chi connectivity index (χ4n) is 3.70. The zero-order chi connectivity index (χ0) is 20.2. The molecule has 0 saturated carbocycles. The summed E-state index contributed by atoms with van der Waals surface area (Å²) in [6, 6.07) is 10.4. The molecule has 2 rings (SSSR count). The van der Waals surface area contributed by atoms with Crippen molar-refractivity contribution in [1.29, 1.82) is 0 Å². The molecule has 1 heterocycles. The molecule has 6 heteroatoms. The summed E-state index contributed by atoms with van der Waals surface area (Å²) in [5, 5.41) is 19.0. The summed E-state index contributed by atoms with van der Waals surface area (Å²) in [7, 11) is 0. The number of aliphatic hydroxyl groups excluding tert-OH is 1. The fourth-order valence-corrected chi connectivity index (χ4v) is 4.58. The molecule has 1 unspecified atom stereocenters. The first-order chi connectivity index (χ1) is 13.6. The Morgan fingerprint density at radius 3 is 2.75 bits per heavy atom. The number of aliphatic carboxylic acids is 1. The van der Waals surface area contributed by atoms with Crippen LogP contribution in [0, 0.1) is 0 Å². The minimum Gasteiger partial charge on any atom is -0.481 e. The number of carbonyl (C=O) groups excluding carboxylic acids is 1. The molecule has 5 nitrogen and oxygen atoms in total. The monoisotopic (exact) mass is 407 g/mol. The van der Waals surface area contributed by atoms with Gasteiger partial charge in [-0.2, -0.15) is 11.8 Å². The standard InChI is InChI=1S/C22H33NO4S/c24-20(13-11-18-6-2-1-3-7-18)14-12-19-8-4-9-21(25)23(19)15-17-28-16-5-10-22(26)27/h1-3,6-7,19-20,24H,4-5,8-17H2,(H,26,27)/t19-,20?/m1/s1. The van der Waals surface area contributed by atoms with E-state index in [1.54, 1.807) is 11.8 Å². The van der Waals surface area contributed by atoms with Crippen LogP contribution in [0.2, 0.25) is 0 Å². The Balaban J connectivity index is 1.68. The van der Waals surface area contributed by atoms with Crippen LogP contribution in [0.25, 0.3) is 0 Å². The number of likely N-dealkylation sites (tertiary alicyclic amines) is 1. The van der Waals surface area contributed by atoms with E-state index in [9.17, 15) is 14.7 Å². The number of carbonyl (C=O) groups is 2. The number of aryl methyl sites for hydroxylation is 1. The Kier molecular flexibility index (Phi) is 10.4. The van der Waals surface area contributed by atoms with Gasteiger partial charge in [0.1, 0.15) is 0 Å². The predicted octanol–water partition coefficient (Wildman–Crippen LogP) is 3.74. The Bertz CT molecular complexity index is 595. The molecule has 0 aromatic heterocycles. The van der Waals surface area contributed by atoms with Crippen LogP contribution in [0.15, 0.2) is 30.3 Å². The maximum atomic E-state index is 12.3. The molecule has 1 aromatic carbocycles. The zero-order valence-electron chi connectivity index (χ0n) is 16.6. The lowest BCUT2D eigenvalue weighted by Crippen LogP contribution is -2.45. The van der Waals surface area contributed by atoms with Gasteiger partial charge in [0, 0.05) is 31.2 Å². The summed E-state index contributed by atoms with van der Waals surface area (Å²) < 4.78 is 0. The lowest BCUT2D eigenvalue weighted by molar-refractivity contribution is -0.137. The van der Waals surface area contributed by atoms with Gasteiger partial charge in [0.15, 0.2) is 0 Å². The third-order valence-corrected chi connectivity index (χ3v) is 6.34. The van der Waals surface area contributed by atoms with Crippen molar-refractivity contribution in [3.63, 3.8) is 0 Å². The molecule has 1 fully saturated rings. The number of thioether (sulfide) groups is 1. The lowest BCUT2D eigenvalue weighted by Gasteiger charge is -2.36. The summed E-state index contributed by atoms with van der Waals surface area (Å²) in [5.74, 6) is 1.13. The number of rotatable bonds is 13. The summed E-state index contributed by atoms with van der Waals surface area (Å²) >= 11 is 1.72. The SMILES string of the molecule is O=C(O)CCCSCCN1C(=O)CCC[C@@H]1CCC(O)CCc1ccccc1. The second-order valence-corrected chi connectivity index (χ2v) is 8.72. The van der Waals surface area contributed by atoms with E-state index < -0.39 is 5.97 Å². The van der Waals surface area contributed by atoms with Crippen LogP contribution in [0.3, 0.4) is 0 Å². The van der Waals surface area contributed by atoms with Gasteiger partial charge in [-0.1, -0.05) is 30.3 Å². The van der Waals surface area contributed by atoms with Crippen LogP contribution in [0.4, 0.5) is 0 Å². The molecule has 1 saturated heterocycles. The minimum absolute atomic E-state index is 0.207. The molecule has 1 aliphatic rings. The maximum Gasteiger partial charge on any atom is 0.303 e. The smallest absolute Gasteiger partial charge is 0.303 e. The van der Waals surface area contributed by atoms with Crippen LogP contribution in [-0.2, 0) is 16.0 Å². The van der Waals surface area contributed by atoms with Crippen molar-refractivity contribution in [2.45, 2.75) is 69.9 Å². The van der Waals surface area contributed by atoms with Gasteiger partial charge in [-0.3, -0.25) is 9.59 Å². The molecule has 2 atom stereocenters. The third kappa shape index (κ3) is 8.65. The van der Waals surface area contributed by atoms with Crippen LogP contribution in [0.1, 0.15) is 56.9 Å². The van der Waals surface area contributed by atoms with E-state index >= 15 is 0 Å². The Morgan fingerprint density at radius 1 is 1.21 bits per heavy atom. The van der Waals surface area contributed by atoms with Crippen molar-refractivity contribution in [3.05, 3.63) is 35.9 Å². The molecule has 0 bridgehead atoms. The van der Waals surface area contributed by atoms with Gasteiger partial charge in [-0.05, 0) is 56.3 Å². The predicted molar refractivity (Wildman–Crippen MR) is 114 cm³/mol. The Morgan fingerprint density at radius 2 is 2.00 bits per heavy atom. The highest BCUT2D eigenvalue weighted by molar-refractivity contribution is 7.99. The first-order valence-corrected chi connectivity index (χ1v) is 11.5. The van der Waals surface area contributed by atoms with Crippen LogP contribution in [-0.4, -0.2) is 57.2 Å². The zero-order valence-corrected chi connectivity index (χ0v) is 17.4. The Labute approximate surface area is 172 Å². The number of hydrogen-bond acceptors (Lipinski definition) is 4. The van der Waals surface area contributed by atoms with Crippen molar-refractivity contribution < 1.29 is 19.8 Å². The maximum absolute atomic E-state index is 12.3. The number of aliphatic hydroxyl groups is 1. The highest BCUT2D eigenvalue weighted by Crippen LogP contribution is 2.24. The average molecular weight is 408 g/mol. The number of nitrogens with zero attached hydrogens (tertiary/aromatic N) is 1. The van der Waals surface area contributed by atoms with Crippen molar-refractivity contribution in [2.75, 3.05) is 18.1 Å². The topological polar surface area (TPSA) is 77.8 Å². The van der Waals surface area contributed by atoms with E-state index in [4.69, 9.17) is 5.11 Å². The van der Waals surface area contributed by atoms with Crippen molar-refractivity contribution in [3.8, 4) is 0 Å². The average Bonchev–Trinajstić information content (AvgIpc) is 2.69. The van der Waals surface area contributed by atoms with E-state index in [-0.39, 0.29) is 24.5 Å². The largest absolute Gasteiger partial charge is 0.481 e. The number of piperidine rings is 1. The first kappa shape index (κ1) is 22.8. The molecular formula is C22H33NO4S. The molecule has 0 spiro atoms. The van der Waals surface area contributed by atoms with Gasteiger partial charge < -0.3 is 15.1 Å². The molecular weight excluding hydrogens is 374 g/mol. The lowest BCUT2D eigenvalue weighted by atomic mass is 9.94. The van der Waals surface area contributed by atoms with Crippen molar-refractivity contribution in [1.82, 2.24) is 4.90 Å². The molecule has 28 heavy (non-hydrogen) atoms. The molecule has 156 valence electrons.